The molecular weight excluding hydrogens is 366 g/mol. The molecular formula is C23H25N3O3. The van der Waals surface area contributed by atoms with Gasteiger partial charge in [-0.1, -0.05) is 44.2 Å². The molecule has 0 saturated heterocycles. The molecule has 0 aliphatic heterocycles. The van der Waals surface area contributed by atoms with Crippen LogP contribution in [0.4, 0.5) is 11.4 Å². The Hall–Kier alpha value is -3.59. The van der Waals surface area contributed by atoms with Gasteiger partial charge >= 0.3 is 5.97 Å². The fraction of sp³-hybridized carbons (Fsp3) is 0.261. The van der Waals surface area contributed by atoms with Gasteiger partial charge in [-0.05, 0) is 43.0 Å². The second kappa shape index (κ2) is 10.1. The Kier molecular flexibility index (Phi) is 7.55. The highest BCUT2D eigenvalue weighted by Gasteiger charge is 2.16. The Balaban J connectivity index is 2.26. The molecule has 0 heterocycles. The van der Waals surface area contributed by atoms with Crippen LogP contribution in [0.15, 0.2) is 54.2 Å². The van der Waals surface area contributed by atoms with Gasteiger partial charge in [0.1, 0.15) is 11.6 Å². The van der Waals surface area contributed by atoms with Gasteiger partial charge in [-0.25, -0.2) is 4.79 Å². The molecule has 2 aromatic rings. The third kappa shape index (κ3) is 5.45. The summed E-state index contributed by atoms with van der Waals surface area (Å²) in [5, 5.41) is 15.2. The number of esters is 1. The second-order valence-electron chi connectivity index (χ2n) is 6.73. The molecule has 6 heteroatoms. The van der Waals surface area contributed by atoms with Crippen LogP contribution in [0, 0.1) is 18.3 Å². The summed E-state index contributed by atoms with van der Waals surface area (Å²) in [4.78, 5) is 24.7. The molecule has 150 valence electrons. The maximum Gasteiger partial charge on any atom is 0.340 e. The first kappa shape index (κ1) is 21.7. The van der Waals surface area contributed by atoms with E-state index >= 15 is 0 Å². The standard InChI is InChI=1S/C23H25N3O3/c1-5-29-23(28)19-10-6-7-12-20(19)26-22(27)17(13-24)14-25-21-16(4)9-8-11-18(21)15(2)3/h6-12,14-15,25H,5H2,1-4H3,(H,26,27)/b17-14-. The van der Waals surface area contributed by atoms with Gasteiger partial charge in [0, 0.05) is 11.9 Å². The van der Waals surface area contributed by atoms with E-state index in [-0.39, 0.29) is 29.3 Å². The summed E-state index contributed by atoms with van der Waals surface area (Å²) in [7, 11) is 0. The fourth-order valence-corrected chi connectivity index (χ4v) is 2.83. The molecule has 0 saturated carbocycles. The Labute approximate surface area is 171 Å². The number of carbonyl (C=O) groups is 2. The number of amides is 1. The van der Waals surface area contributed by atoms with Gasteiger partial charge in [-0.2, -0.15) is 5.26 Å². The molecule has 29 heavy (non-hydrogen) atoms. The van der Waals surface area contributed by atoms with Crippen molar-refractivity contribution in [3.8, 4) is 6.07 Å². The minimum absolute atomic E-state index is 0.110. The van der Waals surface area contributed by atoms with Crippen molar-refractivity contribution < 1.29 is 14.3 Å². The molecule has 0 spiro atoms. The number of nitrogens with one attached hydrogen (secondary N) is 2. The summed E-state index contributed by atoms with van der Waals surface area (Å²) in [6.45, 7) is 8.05. The number of anilines is 2. The van der Waals surface area contributed by atoms with E-state index in [9.17, 15) is 14.9 Å². The van der Waals surface area contributed by atoms with E-state index in [0.717, 1.165) is 16.8 Å². The molecule has 0 fully saturated rings. The van der Waals surface area contributed by atoms with E-state index in [2.05, 4.69) is 24.5 Å². The van der Waals surface area contributed by atoms with Crippen LogP contribution < -0.4 is 10.6 Å². The van der Waals surface area contributed by atoms with Crippen molar-refractivity contribution in [2.24, 2.45) is 0 Å². The molecule has 0 aromatic heterocycles. The first-order valence-electron chi connectivity index (χ1n) is 9.42. The Morgan fingerprint density at radius 3 is 2.55 bits per heavy atom. The highest BCUT2D eigenvalue weighted by atomic mass is 16.5. The number of aryl methyl sites for hydroxylation is 1. The summed E-state index contributed by atoms with van der Waals surface area (Å²) in [6, 6.07) is 14.4. The van der Waals surface area contributed by atoms with Crippen molar-refractivity contribution in [1.29, 1.82) is 5.26 Å². The SMILES string of the molecule is CCOC(=O)c1ccccc1NC(=O)/C(C#N)=C\Nc1c(C)cccc1C(C)C. The lowest BCUT2D eigenvalue weighted by atomic mass is 9.98. The summed E-state index contributed by atoms with van der Waals surface area (Å²) in [5.41, 5.74) is 3.38. The van der Waals surface area contributed by atoms with Gasteiger partial charge in [0.25, 0.3) is 5.91 Å². The minimum atomic E-state index is -0.614. The molecule has 2 aromatic carbocycles. The van der Waals surface area contributed by atoms with Crippen molar-refractivity contribution in [2.75, 3.05) is 17.2 Å². The Morgan fingerprint density at radius 1 is 1.17 bits per heavy atom. The lowest BCUT2D eigenvalue weighted by Crippen LogP contribution is -2.17. The Bertz CT molecular complexity index is 972. The highest BCUT2D eigenvalue weighted by Crippen LogP contribution is 2.27. The predicted molar refractivity (Wildman–Crippen MR) is 114 cm³/mol. The molecule has 2 N–H and O–H groups in total. The van der Waals surface area contributed by atoms with Crippen molar-refractivity contribution in [1.82, 2.24) is 0 Å². The van der Waals surface area contributed by atoms with Crippen LogP contribution in [0.5, 0.6) is 0 Å². The number of hydrogen-bond donors (Lipinski definition) is 2. The van der Waals surface area contributed by atoms with Crippen LogP contribution in [-0.2, 0) is 9.53 Å². The maximum absolute atomic E-state index is 12.6. The predicted octanol–water partition coefficient (Wildman–Crippen LogP) is 4.75. The van der Waals surface area contributed by atoms with Crippen LogP contribution in [0.25, 0.3) is 0 Å². The Morgan fingerprint density at radius 2 is 1.90 bits per heavy atom. The zero-order valence-electron chi connectivity index (χ0n) is 17.1. The first-order valence-corrected chi connectivity index (χ1v) is 9.42. The van der Waals surface area contributed by atoms with E-state index in [4.69, 9.17) is 4.74 Å². The normalized spacial score (nSPS) is 11.0. The lowest BCUT2D eigenvalue weighted by molar-refractivity contribution is -0.112. The molecule has 0 atom stereocenters. The number of ether oxygens (including phenoxy) is 1. The van der Waals surface area contributed by atoms with Crippen LogP contribution in [-0.4, -0.2) is 18.5 Å². The highest BCUT2D eigenvalue weighted by molar-refractivity contribution is 6.09. The van der Waals surface area contributed by atoms with Crippen LogP contribution in [0.1, 0.15) is 48.2 Å². The van der Waals surface area contributed by atoms with Gasteiger partial charge in [0.2, 0.25) is 0 Å². The largest absolute Gasteiger partial charge is 0.462 e. The lowest BCUT2D eigenvalue weighted by Gasteiger charge is -2.15. The van der Waals surface area contributed by atoms with Crippen molar-refractivity contribution in [2.45, 2.75) is 33.6 Å². The van der Waals surface area contributed by atoms with E-state index in [1.54, 1.807) is 31.2 Å². The van der Waals surface area contributed by atoms with Gasteiger partial charge in [-0.15, -0.1) is 0 Å². The average Bonchev–Trinajstić information content (AvgIpc) is 2.69. The van der Waals surface area contributed by atoms with Gasteiger partial charge in [0.05, 0.1) is 17.9 Å². The molecule has 0 aliphatic carbocycles. The maximum atomic E-state index is 12.6. The summed E-state index contributed by atoms with van der Waals surface area (Å²) >= 11 is 0. The monoisotopic (exact) mass is 391 g/mol. The zero-order valence-corrected chi connectivity index (χ0v) is 17.1. The number of nitrogens with zero attached hydrogens (tertiary/aromatic N) is 1. The summed E-state index contributed by atoms with van der Waals surface area (Å²) in [6.07, 6.45) is 1.39. The van der Waals surface area contributed by atoms with E-state index in [1.165, 1.54) is 6.20 Å². The fourth-order valence-electron chi connectivity index (χ4n) is 2.83. The molecule has 2 rings (SSSR count). The van der Waals surface area contributed by atoms with E-state index < -0.39 is 11.9 Å². The topological polar surface area (TPSA) is 91.2 Å². The number of benzene rings is 2. The van der Waals surface area contributed by atoms with Crippen molar-refractivity contribution in [3.05, 3.63) is 70.9 Å². The van der Waals surface area contributed by atoms with Crippen LogP contribution in [0.2, 0.25) is 0 Å². The third-order valence-corrected chi connectivity index (χ3v) is 4.32. The summed E-state index contributed by atoms with van der Waals surface area (Å²) in [5.74, 6) is -0.872. The van der Waals surface area contributed by atoms with Gasteiger partial charge < -0.3 is 15.4 Å². The minimum Gasteiger partial charge on any atom is -0.462 e. The van der Waals surface area contributed by atoms with Crippen molar-refractivity contribution in [3.63, 3.8) is 0 Å². The van der Waals surface area contributed by atoms with Crippen LogP contribution in [0.3, 0.4) is 0 Å². The summed E-state index contributed by atoms with van der Waals surface area (Å²) < 4.78 is 5.01. The average molecular weight is 391 g/mol. The zero-order chi connectivity index (χ0) is 21.4. The molecule has 0 radical (unpaired) electrons. The second-order valence-corrected chi connectivity index (χ2v) is 6.73. The van der Waals surface area contributed by atoms with Crippen molar-refractivity contribution >= 4 is 23.3 Å². The molecule has 6 nitrogen and oxygen atoms in total. The first-order chi connectivity index (χ1) is 13.9. The molecule has 1 amide bonds. The van der Waals surface area contributed by atoms with Crippen LogP contribution >= 0.6 is 0 Å². The molecule has 0 aliphatic rings. The van der Waals surface area contributed by atoms with E-state index in [0.29, 0.717) is 0 Å². The quantitative estimate of drug-likeness (QED) is 0.404. The van der Waals surface area contributed by atoms with E-state index in [1.807, 2.05) is 31.2 Å². The number of hydrogen-bond acceptors (Lipinski definition) is 5. The molecule has 0 bridgehead atoms. The van der Waals surface area contributed by atoms with Gasteiger partial charge in [0.15, 0.2) is 0 Å². The van der Waals surface area contributed by atoms with Gasteiger partial charge in [-0.3, -0.25) is 4.79 Å². The number of nitriles is 1. The number of rotatable bonds is 7. The third-order valence-electron chi connectivity index (χ3n) is 4.32. The number of para-hydroxylation sites is 2. The molecule has 0 unspecified atom stereocenters. The number of carbonyl (C=O) groups excluding carboxylic acids is 2. The smallest absolute Gasteiger partial charge is 0.340 e.